The normalized spacial score (nSPS) is 12.3. The number of benzene rings is 2. The lowest BCUT2D eigenvalue weighted by Crippen LogP contribution is -2.05. The number of aryl methyl sites for hydroxylation is 1. The first kappa shape index (κ1) is 16.5. The van der Waals surface area contributed by atoms with Crippen LogP contribution in [0.1, 0.15) is 5.56 Å². The van der Waals surface area contributed by atoms with E-state index in [-0.39, 0.29) is 0 Å². The van der Waals surface area contributed by atoms with Gasteiger partial charge >= 0.3 is 6.18 Å². The maximum absolute atomic E-state index is 12.9. The van der Waals surface area contributed by atoms with Crippen LogP contribution in [0.3, 0.4) is 0 Å². The van der Waals surface area contributed by atoms with Crippen LogP contribution in [-0.2, 0) is 13.2 Å². The number of hydrogen-bond acceptors (Lipinski definition) is 4. The fourth-order valence-electron chi connectivity index (χ4n) is 3.38. The molecule has 0 saturated heterocycles. The first-order valence-corrected chi connectivity index (χ1v) is 8.31. The molecular formula is C18H12F3N7. The lowest BCUT2D eigenvalue weighted by Gasteiger charge is -2.10. The van der Waals surface area contributed by atoms with Gasteiger partial charge < -0.3 is 0 Å². The predicted molar refractivity (Wildman–Crippen MR) is 95.7 cm³/mol. The molecule has 0 fully saturated rings. The first-order valence-electron chi connectivity index (χ1n) is 8.31. The number of aromatic amines is 1. The highest BCUT2D eigenvalue weighted by atomic mass is 19.4. The van der Waals surface area contributed by atoms with Gasteiger partial charge in [-0.05, 0) is 47.7 Å². The van der Waals surface area contributed by atoms with Crippen molar-refractivity contribution in [2.45, 2.75) is 6.18 Å². The minimum atomic E-state index is -4.38. The summed E-state index contributed by atoms with van der Waals surface area (Å²) in [6, 6.07) is 10.7. The molecule has 3 heterocycles. The molecule has 0 atom stereocenters. The zero-order chi connectivity index (χ0) is 19.5. The van der Waals surface area contributed by atoms with E-state index in [0.717, 1.165) is 34.0 Å². The largest absolute Gasteiger partial charge is 0.416 e. The van der Waals surface area contributed by atoms with Crippen molar-refractivity contribution in [2.75, 3.05) is 0 Å². The predicted octanol–water partition coefficient (Wildman–Crippen LogP) is 3.72. The van der Waals surface area contributed by atoms with Crippen LogP contribution in [-0.4, -0.2) is 35.0 Å². The van der Waals surface area contributed by atoms with Gasteiger partial charge in [0.15, 0.2) is 5.65 Å². The summed E-state index contributed by atoms with van der Waals surface area (Å²) in [6.07, 6.45) is -2.50. The summed E-state index contributed by atoms with van der Waals surface area (Å²) in [4.78, 5) is 0. The van der Waals surface area contributed by atoms with Gasteiger partial charge in [-0.1, -0.05) is 0 Å². The standard InChI is InChI=1S/C18H12F3N7/c1-27-9-14-13-8-10(16-22-25-26-23-16)2-7-15(13)28(17(14)24-27)12-5-3-11(4-6-12)18(19,20)21/h2-9H,1H3,(H,22,23,25,26). The summed E-state index contributed by atoms with van der Waals surface area (Å²) >= 11 is 0. The van der Waals surface area contributed by atoms with E-state index >= 15 is 0 Å². The lowest BCUT2D eigenvalue weighted by atomic mass is 10.1. The summed E-state index contributed by atoms with van der Waals surface area (Å²) in [5.74, 6) is 0.459. The fraction of sp³-hybridized carbons (Fsp3) is 0.111. The lowest BCUT2D eigenvalue weighted by molar-refractivity contribution is -0.137. The number of tetrazole rings is 1. The molecule has 7 nitrogen and oxygen atoms in total. The van der Waals surface area contributed by atoms with Crippen LogP contribution >= 0.6 is 0 Å². The first-order chi connectivity index (χ1) is 13.4. The molecular weight excluding hydrogens is 371 g/mol. The Morgan fingerprint density at radius 2 is 1.79 bits per heavy atom. The maximum Gasteiger partial charge on any atom is 0.416 e. The zero-order valence-corrected chi connectivity index (χ0v) is 14.4. The van der Waals surface area contributed by atoms with Gasteiger partial charge in [-0.2, -0.15) is 23.5 Å². The van der Waals surface area contributed by atoms with Crippen LogP contribution < -0.4 is 0 Å². The number of alkyl halides is 3. The summed E-state index contributed by atoms with van der Waals surface area (Å²) in [7, 11) is 1.80. The van der Waals surface area contributed by atoms with Crippen molar-refractivity contribution in [1.29, 1.82) is 0 Å². The van der Waals surface area contributed by atoms with Gasteiger partial charge in [0.1, 0.15) is 0 Å². The highest BCUT2D eigenvalue weighted by Gasteiger charge is 2.30. The van der Waals surface area contributed by atoms with E-state index in [0.29, 0.717) is 17.2 Å². The summed E-state index contributed by atoms with van der Waals surface area (Å²) in [5.41, 5.74) is 2.16. The average molecular weight is 383 g/mol. The Labute approximate surface area is 155 Å². The second-order valence-corrected chi connectivity index (χ2v) is 6.39. The third kappa shape index (κ3) is 2.45. The van der Waals surface area contributed by atoms with E-state index in [1.54, 1.807) is 11.7 Å². The Kier molecular flexibility index (Phi) is 3.33. The summed E-state index contributed by atoms with van der Waals surface area (Å²) < 4.78 is 42.2. The molecule has 28 heavy (non-hydrogen) atoms. The molecule has 10 heteroatoms. The molecule has 0 radical (unpaired) electrons. The van der Waals surface area contributed by atoms with Gasteiger partial charge in [0.25, 0.3) is 0 Å². The summed E-state index contributed by atoms with van der Waals surface area (Å²) in [5, 5.41) is 20.3. The molecule has 0 aliphatic carbocycles. The number of hydrogen-bond donors (Lipinski definition) is 1. The van der Waals surface area contributed by atoms with Crippen LogP contribution in [0.5, 0.6) is 0 Å². The van der Waals surface area contributed by atoms with Gasteiger partial charge in [0.05, 0.1) is 11.1 Å². The smallest absolute Gasteiger partial charge is 0.292 e. The van der Waals surface area contributed by atoms with Crippen molar-refractivity contribution in [3.8, 4) is 17.1 Å². The summed E-state index contributed by atoms with van der Waals surface area (Å²) in [6.45, 7) is 0. The van der Waals surface area contributed by atoms with E-state index in [1.807, 2.05) is 29.0 Å². The third-order valence-corrected chi connectivity index (χ3v) is 4.61. The minimum Gasteiger partial charge on any atom is -0.292 e. The maximum atomic E-state index is 12.9. The van der Waals surface area contributed by atoms with Gasteiger partial charge in [-0.15, -0.1) is 10.2 Å². The topological polar surface area (TPSA) is 77.2 Å². The molecule has 5 aromatic rings. The fourth-order valence-corrected chi connectivity index (χ4v) is 3.38. The minimum absolute atomic E-state index is 0.459. The van der Waals surface area contributed by atoms with Crippen LogP contribution in [0.2, 0.25) is 0 Å². The van der Waals surface area contributed by atoms with Crippen molar-refractivity contribution in [3.05, 3.63) is 54.2 Å². The van der Waals surface area contributed by atoms with Gasteiger partial charge in [0.2, 0.25) is 5.82 Å². The second kappa shape index (κ2) is 5.65. The zero-order valence-electron chi connectivity index (χ0n) is 14.4. The molecule has 2 aromatic carbocycles. The third-order valence-electron chi connectivity index (χ3n) is 4.61. The molecule has 0 aliphatic heterocycles. The molecule has 140 valence electrons. The molecule has 0 unspecified atom stereocenters. The van der Waals surface area contributed by atoms with Crippen LogP contribution in [0.4, 0.5) is 13.2 Å². The molecule has 3 aromatic heterocycles. The molecule has 0 aliphatic rings. The van der Waals surface area contributed by atoms with E-state index in [4.69, 9.17) is 0 Å². The quantitative estimate of drug-likeness (QED) is 0.504. The van der Waals surface area contributed by atoms with Gasteiger partial charge in [0, 0.05) is 35.3 Å². The average Bonchev–Trinajstić information content (AvgIpc) is 3.37. The van der Waals surface area contributed by atoms with E-state index < -0.39 is 11.7 Å². The van der Waals surface area contributed by atoms with Crippen LogP contribution in [0.15, 0.2) is 48.7 Å². The number of fused-ring (bicyclic) bond motifs is 3. The number of nitrogens with one attached hydrogen (secondary N) is 1. The van der Waals surface area contributed by atoms with Crippen molar-refractivity contribution in [3.63, 3.8) is 0 Å². The Hall–Kier alpha value is -3.69. The van der Waals surface area contributed by atoms with E-state index in [1.165, 1.54) is 12.1 Å². The van der Waals surface area contributed by atoms with Gasteiger partial charge in [-0.3, -0.25) is 9.25 Å². The molecule has 0 saturated carbocycles. The van der Waals surface area contributed by atoms with Crippen molar-refractivity contribution < 1.29 is 13.2 Å². The van der Waals surface area contributed by atoms with E-state index in [2.05, 4.69) is 25.7 Å². The second-order valence-electron chi connectivity index (χ2n) is 6.39. The Morgan fingerprint density at radius 1 is 1.00 bits per heavy atom. The molecule has 1 N–H and O–H groups in total. The number of H-pyrrole nitrogens is 1. The van der Waals surface area contributed by atoms with Crippen molar-refractivity contribution in [1.82, 2.24) is 35.0 Å². The van der Waals surface area contributed by atoms with Crippen LogP contribution in [0, 0.1) is 0 Å². The Morgan fingerprint density at radius 3 is 2.46 bits per heavy atom. The molecule has 0 spiro atoms. The van der Waals surface area contributed by atoms with Crippen molar-refractivity contribution >= 4 is 21.9 Å². The molecule has 0 amide bonds. The molecule has 5 rings (SSSR count). The number of nitrogens with zero attached hydrogens (tertiary/aromatic N) is 6. The Bertz CT molecular complexity index is 1300. The highest BCUT2D eigenvalue weighted by Crippen LogP contribution is 2.35. The monoisotopic (exact) mass is 383 g/mol. The number of halogens is 3. The Balaban J connectivity index is 1.75. The SMILES string of the molecule is Cn1cc2c3cc(-c4nn[nH]n4)ccc3n(-c3ccc(C(F)(F)F)cc3)c2n1. The van der Waals surface area contributed by atoms with E-state index in [9.17, 15) is 13.2 Å². The van der Waals surface area contributed by atoms with Gasteiger partial charge in [-0.25, -0.2) is 0 Å². The number of aromatic nitrogens is 7. The highest BCUT2D eigenvalue weighted by molar-refractivity contribution is 6.08. The molecule has 0 bridgehead atoms. The number of rotatable bonds is 2. The van der Waals surface area contributed by atoms with Crippen molar-refractivity contribution in [2.24, 2.45) is 7.05 Å². The van der Waals surface area contributed by atoms with Crippen LogP contribution in [0.25, 0.3) is 39.0 Å².